The highest BCUT2D eigenvalue weighted by atomic mass is 19.1. The van der Waals surface area contributed by atoms with Crippen LogP contribution in [0, 0.1) is 11.6 Å². The van der Waals surface area contributed by atoms with Gasteiger partial charge in [-0.1, -0.05) is 36.4 Å². The lowest BCUT2D eigenvalue weighted by atomic mass is 9.98. The first kappa shape index (κ1) is 13.5. The Kier molecular flexibility index (Phi) is 3.50. The van der Waals surface area contributed by atoms with Gasteiger partial charge in [0.15, 0.2) is 0 Å². The third kappa shape index (κ3) is 2.55. The molecule has 3 aromatic rings. The molecule has 0 aliphatic rings. The Balaban J connectivity index is 2.03. The molecule has 1 aromatic heterocycles. The van der Waals surface area contributed by atoms with Crippen molar-refractivity contribution < 1.29 is 13.9 Å². The number of aromatic nitrogens is 2. The van der Waals surface area contributed by atoms with Gasteiger partial charge in [-0.05, 0) is 11.6 Å². The van der Waals surface area contributed by atoms with Crippen molar-refractivity contribution in [3.05, 3.63) is 77.5 Å². The monoisotopic (exact) mass is 286 g/mol. The summed E-state index contributed by atoms with van der Waals surface area (Å²) in [6.07, 6.45) is 0.218. The highest BCUT2D eigenvalue weighted by Gasteiger charge is 2.20. The van der Waals surface area contributed by atoms with Crippen molar-refractivity contribution in [3.8, 4) is 11.3 Å². The summed E-state index contributed by atoms with van der Waals surface area (Å²) in [6, 6.07) is 12.4. The zero-order chi connectivity index (χ0) is 14.8. The third-order valence-corrected chi connectivity index (χ3v) is 3.28. The van der Waals surface area contributed by atoms with Crippen LogP contribution >= 0.6 is 0 Å². The van der Waals surface area contributed by atoms with E-state index in [0.717, 1.165) is 17.7 Å². The summed E-state index contributed by atoms with van der Waals surface area (Å²) >= 11 is 0. The molecule has 3 rings (SSSR count). The van der Waals surface area contributed by atoms with Gasteiger partial charge in [0.2, 0.25) is 0 Å². The van der Waals surface area contributed by atoms with Gasteiger partial charge >= 0.3 is 0 Å². The number of nitrogens with zero attached hydrogens (tertiary/aromatic N) is 1. The molecule has 0 aliphatic heterocycles. The molecular formula is C16H12F2N2O. The standard InChI is InChI=1S/C16H12F2N2O/c17-11-6-7-12(14(18)8-11)16(21)13-9-19-20-15(13)10-4-2-1-3-5-10/h1-9,16,21H,(H,19,20). The molecule has 2 N–H and O–H groups in total. The number of halogens is 2. The second-order valence-corrected chi connectivity index (χ2v) is 4.63. The normalized spacial score (nSPS) is 12.3. The van der Waals surface area contributed by atoms with Crippen LogP contribution in [0.3, 0.4) is 0 Å². The molecule has 0 saturated carbocycles. The van der Waals surface area contributed by atoms with Gasteiger partial charge in [-0.3, -0.25) is 5.10 Å². The molecule has 106 valence electrons. The minimum absolute atomic E-state index is 0.00924. The van der Waals surface area contributed by atoms with E-state index in [0.29, 0.717) is 11.3 Å². The second kappa shape index (κ2) is 5.46. The number of H-pyrrole nitrogens is 1. The average Bonchev–Trinajstić information content (AvgIpc) is 2.97. The molecule has 21 heavy (non-hydrogen) atoms. The zero-order valence-electron chi connectivity index (χ0n) is 10.9. The zero-order valence-corrected chi connectivity index (χ0v) is 10.9. The van der Waals surface area contributed by atoms with Crippen LogP contribution in [0.1, 0.15) is 17.2 Å². The molecule has 0 amide bonds. The van der Waals surface area contributed by atoms with E-state index in [9.17, 15) is 13.9 Å². The molecule has 2 aromatic carbocycles. The fourth-order valence-electron chi connectivity index (χ4n) is 2.23. The molecule has 1 unspecified atom stereocenters. The number of rotatable bonds is 3. The first-order valence-corrected chi connectivity index (χ1v) is 6.38. The number of hydrogen-bond acceptors (Lipinski definition) is 2. The van der Waals surface area contributed by atoms with Crippen molar-refractivity contribution in [1.29, 1.82) is 0 Å². The van der Waals surface area contributed by atoms with Crippen LogP contribution in [0.5, 0.6) is 0 Å². The summed E-state index contributed by atoms with van der Waals surface area (Å²) in [4.78, 5) is 0. The summed E-state index contributed by atoms with van der Waals surface area (Å²) < 4.78 is 26.8. The van der Waals surface area contributed by atoms with Crippen molar-refractivity contribution in [2.45, 2.75) is 6.10 Å². The van der Waals surface area contributed by atoms with Crippen LogP contribution in [0.15, 0.2) is 54.7 Å². The molecule has 0 saturated heterocycles. The molecular weight excluding hydrogens is 274 g/mol. The second-order valence-electron chi connectivity index (χ2n) is 4.63. The number of nitrogens with one attached hydrogen (secondary N) is 1. The van der Waals surface area contributed by atoms with E-state index in [2.05, 4.69) is 10.2 Å². The van der Waals surface area contributed by atoms with Gasteiger partial charge < -0.3 is 5.11 Å². The summed E-state index contributed by atoms with van der Waals surface area (Å²) in [7, 11) is 0. The number of aliphatic hydroxyl groups is 1. The Morgan fingerprint density at radius 3 is 2.48 bits per heavy atom. The van der Waals surface area contributed by atoms with Crippen LogP contribution in [-0.2, 0) is 0 Å². The van der Waals surface area contributed by atoms with Crippen LogP contribution in [-0.4, -0.2) is 15.3 Å². The van der Waals surface area contributed by atoms with Gasteiger partial charge in [0.25, 0.3) is 0 Å². The van der Waals surface area contributed by atoms with E-state index in [-0.39, 0.29) is 5.56 Å². The Morgan fingerprint density at radius 2 is 1.76 bits per heavy atom. The van der Waals surface area contributed by atoms with Gasteiger partial charge in [-0.15, -0.1) is 0 Å². The minimum Gasteiger partial charge on any atom is -0.383 e. The van der Waals surface area contributed by atoms with E-state index in [1.807, 2.05) is 30.3 Å². The number of aliphatic hydroxyl groups excluding tert-OH is 1. The molecule has 0 bridgehead atoms. The third-order valence-electron chi connectivity index (χ3n) is 3.28. The van der Waals surface area contributed by atoms with Crippen molar-refractivity contribution >= 4 is 0 Å². The van der Waals surface area contributed by atoms with E-state index >= 15 is 0 Å². The smallest absolute Gasteiger partial charge is 0.132 e. The fourth-order valence-corrected chi connectivity index (χ4v) is 2.23. The van der Waals surface area contributed by atoms with E-state index in [4.69, 9.17) is 0 Å². The van der Waals surface area contributed by atoms with Crippen LogP contribution in [0.25, 0.3) is 11.3 Å². The highest BCUT2D eigenvalue weighted by molar-refractivity contribution is 5.63. The summed E-state index contributed by atoms with van der Waals surface area (Å²) in [5.74, 6) is -1.47. The topological polar surface area (TPSA) is 48.9 Å². The first-order chi connectivity index (χ1) is 10.2. The lowest BCUT2D eigenvalue weighted by molar-refractivity contribution is 0.215. The van der Waals surface area contributed by atoms with E-state index in [1.165, 1.54) is 12.3 Å². The lowest BCUT2D eigenvalue weighted by Gasteiger charge is -2.12. The number of benzene rings is 2. The Bertz CT molecular complexity index is 756. The van der Waals surface area contributed by atoms with Crippen molar-refractivity contribution in [2.75, 3.05) is 0 Å². The molecule has 1 heterocycles. The summed E-state index contributed by atoms with van der Waals surface area (Å²) in [6.45, 7) is 0. The maximum atomic E-state index is 13.8. The maximum Gasteiger partial charge on any atom is 0.132 e. The minimum atomic E-state index is -1.22. The predicted octanol–water partition coefficient (Wildman–Crippen LogP) is 3.44. The van der Waals surface area contributed by atoms with Crippen molar-refractivity contribution in [1.82, 2.24) is 10.2 Å². The van der Waals surface area contributed by atoms with Crippen LogP contribution < -0.4 is 0 Å². The van der Waals surface area contributed by atoms with Crippen LogP contribution in [0.4, 0.5) is 8.78 Å². The number of hydrogen-bond donors (Lipinski definition) is 2. The summed E-state index contributed by atoms with van der Waals surface area (Å²) in [5.41, 5.74) is 1.88. The molecule has 0 aliphatic carbocycles. The molecule has 5 heteroatoms. The molecule has 0 radical (unpaired) electrons. The van der Waals surface area contributed by atoms with Crippen molar-refractivity contribution in [3.63, 3.8) is 0 Å². The van der Waals surface area contributed by atoms with Gasteiger partial charge in [-0.2, -0.15) is 5.10 Å². The maximum absolute atomic E-state index is 13.8. The predicted molar refractivity (Wildman–Crippen MR) is 74.4 cm³/mol. The van der Waals surface area contributed by atoms with Gasteiger partial charge in [0.1, 0.15) is 17.7 Å². The highest BCUT2D eigenvalue weighted by Crippen LogP contribution is 2.31. The fraction of sp³-hybridized carbons (Fsp3) is 0.0625. The molecule has 3 nitrogen and oxygen atoms in total. The quantitative estimate of drug-likeness (QED) is 0.775. The molecule has 0 spiro atoms. The Hall–Kier alpha value is -2.53. The van der Waals surface area contributed by atoms with Gasteiger partial charge in [0, 0.05) is 17.2 Å². The van der Waals surface area contributed by atoms with Gasteiger partial charge in [0.05, 0.1) is 11.9 Å². The SMILES string of the molecule is OC(c1ccc(F)cc1F)c1cn[nH]c1-c1ccccc1. The molecule has 1 atom stereocenters. The largest absolute Gasteiger partial charge is 0.383 e. The van der Waals surface area contributed by atoms with E-state index in [1.54, 1.807) is 0 Å². The van der Waals surface area contributed by atoms with E-state index < -0.39 is 17.7 Å². The Labute approximate surface area is 119 Å². The van der Waals surface area contributed by atoms with Crippen LogP contribution in [0.2, 0.25) is 0 Å². The van der Waals surface area contributed by atoms with Gasteiger partial charge in [-0.25, -0.2) is 8.78 Å². The summed E-state index contributed by atoms with van der Waals surface area (Å²) in [5, 5.41) is 17.1. The van der Waals surface area contributed by atoms with Crippen molar-refractivity contribution in [2.24, 2.45) is 0 Å². The lowest BCUT2D eigenvalue weighted by Crippen LogP contribution is -2.03. The average molecular weight is 286 g/mol. The number of aromatic amines is 1. The Morgan fingerprint density at radius 1 is 1.00 bits per heavy atom. The molecule has 0 fully saturated rings. The first-order valence-electron chi connectivity index (χ1n) is 6.38.